The van der Waals surface area contributed by atoms with Crippen molar-refractivity contribution in [3.05, 3.63) is 65.0 Å². The van der Waals surface area contributed by atoms with Gasteiger partial charge in [-0.1, -0.05) is 42.7 Å². The fourth-order valence-electron chi connectivity index (χ4n) is 2.12. The van der Waals surface area contributed by atoms with Crippen LogP contribution in [0.4, 0.5) is 0 Å². The molecule has 118 valence electrons. The van der Waals surface area contributed by atoms with Crippen molar-refractivity contribution in [1.29, 1.82) is 0 Å². The molecule has 0 amide bonds. The van der Waals surface area contributed by atoms with Gasteiger partial charge >= 0.3 is 0 Å². The van der Waals surface area contributed by atoms with Crippen molar-refractivity contribution < 1.29 is 9.26 Å². The number of ether oxygens (including phenoxy) is 1. The number of aromatic nitrogens is 2. The first-order valence-electron chi connectivity index (χ1n) is 7.43. The number of hydrogen-bond donors (Lipinski definition) is 0. The molecule has 3 rings (SSSR count). The van der Waals surface area contributed by atoms with Crippen LogP contribution in [0.3, 0.4) is 0 Å². The van der Waals surface area contributed by atoms with Crippen LogP contribution < -0.4 is 4.74 Å². The first-order valence-corrected chi connectivity index (χ1v) is 7.81. The van der Waals surface area contributed by atoms with Crippen molar-refractivity contribution in [1.82, 2.24) is 10.1 Å². The van der Waals surface area contributed by atoms with E-state index in [0.29, 0.717) is 22.7 Å². The lowest BCUT2D eigenvalue weighted by molar-refractivity contribution is 0.243. The second-order valence-electron chi connectivity index (χ2n) is 5.53. The molecule has 4 nitrogen and oxygen atoms in total. The highest BCUT2D eigenvalue weighted by atomic mass is 35.5. The molecule has 1 aromatic heterocycles. The van der Waals surface area contributed by atoms with Crippen LogP contribution in [-0.4, -0.2) is 10.1 Å². The summed E-state index contributed by atoms with van der Waals surface area (Å²) in [4.78, 5) is 4.33. The molecule has 5 heteroatoms. The van der Waals surface area contributed by atoms with Gasteiger partial charge in [0.1, 0.15) is 5.75 Å². The number of rotatable bonds is 5. The van der Waals surface area contributed by atoms with Crippen molar-refractivity contribution in [3.63, 3.8) is 0 Å². The Kier molecular flexibility index (Phi) is 4.63. The normalized spacial score (nSPS) is 11.0. The molecule has 0 radical (unpaired) electrons. The maximum atomic E-state index is 5.87. The monoisotopic (exact) mass is 328 g/mol. The van der Waals surface area contributed by atoms with Gasteiger partial charge in [-0.05, 0) is 47.9 Å². The third-order valence-corrected chi connectivity index (χ3v) is 3.73. The highest BCUT2D eigenvalue weighted by Crippen LogP contribution is 2.21. The van der Waals surface area contributed by atoms with Gasteiger partial charge < -0.3 is 9.26 Å². The molecule has 0 unspecified atom stereocenters. The van der Waals surface area contributed by atoms with E-state index in [1.807, 2.05) is 24.3 Å². The minimum Gasteiger partial charge on any atom is -0.484 e. The van der Waals surface area contributed by atoms with Crippen molar-refractivity contribution in [2.75, 3.05) is 0 Å². The van der Waals surface area contributed by atoms with Crippen LogP contribution in [0, 0.1) is 0 Å². The molecule has 1 heterocycles. The van der Waals surface area contributed by atoms with Crippen LogP contribution in [0.15, 0.2) is 53.1 Å². The van der Waals surface area contributed by atoms with Gasteiger partial charge in [0, 0.05) is 10.6 Å². The van der Waals surface area contributed by atoms with Gasteiger partial charge in [-0.15, -0.1) is 0 Å². The summed E-state index contributed by atoms with van der Waals surface area (Å²) in [6.45, 7) is 4.56. The molecule has 0 saturated carbocycles. The topological polar surface area (TPSA) is 48.2 Å². The van der Waals surface area contributed by atoms with E-state index in [2.05, 4.69) is 36.1 Å². The second kappa shape index (κ2) is 6.84. The van der Waals surface area contributed by atoms with E-state index in [1.165, 1.54) is 5.56 Å². The standard InChI is InChI=1S/C18H17ClN2O2/c1-12(2)13-5-9-16(10-6-13)22-11-17-20-18(21-23-17)14-3-7-15(19)8-4-14/h3-10,12H,11H2,1-2H3. The molecule has 0 spiro atoms. The fraction of sp³-hybridized carbons (Fsp3) is 0.222. The minimum absolute atomic E-state index is 0.238. The molecular weight excluding hydrogens is 312 g/mol. The molecule has 0 saturated heterocycles. The summed E-state index contributed by atoms with van der Waals surface area (Å²) in [5, 5.41) is 4.63. The Morgan fingerprint density at radius 2 is 1.74 bits per heavy atom. The van der Waals surface area contributed by atoms with Gasteiger partial charge in [-0.3, -0.25) is 0 Å². The maximum Gasteiger partial charge on any atom is 0.264 e. The van der Waals surface area contributed by atoms with Gasteiger partial charge in [0.25, 0.3) is 5.89 Å². The predicted molar refractivity (Wildman–Crippen MR) is 89.6 cm³/mol. The first kappa shape index (κ1) is 15.6. The molecule has 0 aliphatic heterocycles. The zero-order valence-corrected chi connectivity index (χ0v) is 13.7. The lowest BCUT2D eigenvalue weighted by Gasteiger charge is -2.07. The fourth-order valence-corrected chi connectivity index (χ4v) is 2.25. The second-order valence-corrected chi connectivity index (χ2v) is 5.97. The van der Waals surface area contributed by atoms with Gasteiger partial charge in [0.2, 0.25) is 5.82 Å². The Hall–Kier alpha value is -2.33. The zero-order chi connectivity index (χ0) is 16.2. The van der Waals surface area contributed by atoms with E-state index < -0.39 is 0 Å². The SMILES string of the molecule is CC(C)c1ccc(OCc2nc(-c3ccc(Cl)cc3)no2)cc1. The van der Waals surface area contributed by atoms with Crippen molar-refractivity contribution in [2.45, 2.75) is 26.4 Å². The van der Waals surface area contributed by atoms with E-state index in [1.54, 1.807) is 12.1 Å². The quantitative estimate of drug-likeness (QED) is 0.654. The van der Waals surface area contributed by atoms with Gasteiger partial charge in [0.15, 0.2) is 6.61 Å². The Morgan fingerprint density at radius 1 is 1.04 bits per heavy atom. The Labute approximate surface area is 140 Å². The average molecular weight is 329 g/mol. The molecule has 0 aliphatic rings. The summed E-state index contributed by atoms with van der Waals surface area (Å²) in [6, 6.07) is 15.3. The lowest BCUT2D eigenvalue weighted by Crippen LogP contribution is -1.96. The smallest absolute Gasteiger partial charge is 0.264 e. The van der Waals surface area contributed by atoms with Crippen molar-refractivity contribution in [2.24, 2.45) is 0 Å². The van der Waals surface area contributed by atoms with Crippen molar-refractivity contribution in [3.8, 4) is 17.1 Å². The number of nitrogens with zero attached hydrogens (tertiary/aromatic N) is 2. The van der Waals surface area contributed by atoms with Gasteiger partial charge in [-0.25, -0.2) is 0 Å². The minimum atomic E-state index is 0.238. The van der Waals surface area contributed by atoms with E-state index >= 15 is 0 Å². The van der Waals surface area contributed by atoms with E-state index in [9.17, 15) is 0 Å². The summed E-state index contributed by atoms with van der Waals surface area (Å²) in [6.07, 6.45) is 0. The summed E-state index contributed by atoms with van der Waals surface area (Å²) in [5.41, 5.74) is 2.13. The number of halogens is 1. The molecule has 23 heavy (non-hydrogen) atoms. The molecular formula is C18H17ClN2O2. The maximum absolute atomic E-state index is 5.87. The summed E-state index contributed by atoms with van der Waals surface area (Å²) in [5.74, 6) is 2.24. The Bertz CT molecular complexity index is 764. The van der Waals surface area contributed by atoms with Crippen LogP contribution >= 0.6 is 11.6 Å². The van der Waals surface area contributed by atoms with E-state index in [-0.39, 0.29) is 6.61 Å². The predicted octanol–water partition coefficient (Wildman–Crippen LogP) is 5.09. The summed E-state index contributed by atoms with van der Waals surface area (Å²) >= 11 is 5.87. The van der Waals surface area contributed by atoms with Crippen LogP contribution in [-0.2, 0) is 6.61 Å². The lowest BCUT2D eigenvalue weighted by atomic mass is 10.0. The van der Waals surface area contributed by atoms with E-state index in [4.69, 9.17) is 20.9 Å². The highest BCUT2D eigenvalue weighted by Gasteiger charge is 2.09. The van der Waals surface area contributed by atoms with E-state index in [0.717, 1.165) is 11.3 Å². The van der Waals surface area contributed by atoms with Crippen LogP contribution in [0.2, 0.25) is 5.02 Å². The third kappa shape index (κ3) is 3.90. The molecule has 0 N–H and O–H groups in total. The molecule has 2 aromatic carbocycles. The summed E-state index contributed by atoms with van der Waals surface area (Å²) in [7, 11) is 0. The highest BCUT2D eigenvalue weighted by molar-refractivity contribution is 6.30. The van der Waals surface area contributed by atoms with Crippen LogP contribution in [0.25, 0.3) is 11.4 Å². The largest absolute Gasteiger partial charge is 0.484 e. The molecule has 0 atom stereocenters. The Balaban J connectivity index is 1.64. The van der Waals surface area contributed by atoms with Crippen LogP contribution in [0.5, 0.6) is 5.75 Å². The Morgan fingerprint density at radius 3 is 2.39 bits per heavy atom. The first-order chi connectivity index (χ1) is 11.1. The molecule has 0 fully saturated rings. The average Bonchev–Trinajstić information content (AvgIpc) is 3.03. The molecule has 0 bridgehead atoms. The molecule has 3 aromatic rings. The summed E-state index contributed by atoms with van der Waals surface area (Å²) < 4.78 is 10.9. The number of benzene rings is 2. The molecule has 0 aliphatic carbocycles. The van der Waals surface area contributed by atoms with Gasteiger partial charge in [0.05, 0.1) is 0 Å². The third-order valence-electron chi connectivity index (χ3n) is 3.48. The zero-order valence-electron chi connectivity index (χ0n) is 13.0. The number of hydrogen-bond acceptors (Lipinski definition) is 4. The van der Waals surface area contributed by atoms with Crippen LogP contribution in [0.1, 0.15) is 31.2 Å². The van der Waals surface area contributed by atoms with Gasteiger partial charge in [-0.2, -0.15) is 4.98 Å². The van der Waals surface area contributed by atoms with Crippen molar-refractivity contribution >= 4 is 11.6 Å².